The summed E-state index contributed by atoms with van der Waals surface area (Å²) in [5.74, 6) is 0.133. The molecule has 0 heterocycles. The summed E-state index contributed by atoms with van der Waals surface area (Å²) >= 11 is 15.4. The highest BCUT2D eigenvalue weighted by molar-refractivity contribution is 9.10. The Morgan fingerprint density at radius 3 is 2.38 bits per heavy atom. The second-order valence-corrected chi connectivity index (χ2v) is 9.08. The predicted molar refractivity (Wildman–Crippen MR) is 118 cm³/mol. The number of benzene rings is 3. The molecule has 0 atom stereocenters. The molecule has 0 fully saturated rings. The molecule has 146 valence electrons. The summed E-state index contributed by atoms with van der Waals surface area (Å²) < 4.78 is 30.4. The lowest BCUT2D eigenvalue weighted by molar-refractivity contribution is 0.484. The van der Waals surface area contributed by atoms with Gasteiger partial charge in [-0.05, 0) is 64.0 Å². The van der Waals surface area contributed by atoms with Gasteiger partial charge in [-0.3, -0.25) is 0 Å². The summed E-state index contributed by atoms with van der Waals surface area (Å²) in [5, 5.41) is 10.3. The molecule has 0 aliphatic carbocycles. The van der Waals surface area contributed by atoms with Crippen molar-refractivity contribution >= 4 is 60.9 Å². The van der Waals surface area contributed by atoms with Crippen LogP contribution in [0.3, 0.4) is 0 Å². The smallest absolute Gasteiger partial charge is 0.339 e. The number of hydrogen-bond donors (Lipinski definition) is 0. The van der Waals surface area contributed by atoms with Crippen LogP contribution in [0.2, 0.25) is 10.0 Å². The average Bonchev–Trinajstić information content (AvgIpc) is 2.69. The van der Waals surface area contributed by atoms with Gasteiger partial charge in [0, 0.05) is 10.6 Å². The number of rotatable bonds is 5. The van der Waals surface area contributed by atoms with E-state index in [4.69, 9.17) is 27.4 Å². The minimum absolute atomic E-state index is 0.0556. The van der Waals surface area contributed by atoms with E-state index in [2.05, 4.69) is 22.0 Å². The zero-order valence-corrected chi connectivity index (χ0v) is 18.6. The van der Waals surface area contributed by atoms with E-state index in [1.165, 1.54) is 18.2 Å². The Labute approximate surface area is 187 Å². The molecule has 3 rings (SSSR count). The van der Waals surface area contributed by atoms with Gasteiger partial charge in [-0.25, -0.2) is 0 Å². The van der Waals surface area contributed by atoms with Gasteiger partial charge in [-0.15, -0.1) is 0 Å². The second kappa shape index (κ2) is 9.02. The van der Waals surface area contributed by atoms with Crippen molar-refractivity contribution in [3.05, 3.63) is 92.4 Å². The zero-order chi connectivity index (χ0) is 21.0. The Morgan fingerprint density at radius 1 is 1.03 bits per heavy atom. The van der Waals surface area contributed by atoms with Gasteiger partial charge in [0.2, 0.25) is 0 Å². The molecular formula is C21H12BrCl2NO3S. The van der Waals surface area contributed by atoms with Crippen LogP contribution in [-0.2, 0) is 10.1 Å². The van der Waals surface area contributed by atoms with Crippen LogP contribution in [0.4, 0.5) is 0 Å². The summed E-state index contributed by atoms with van der Waals surface area (Å²) in [4.78, 5) is 0.0556. The SMILES string of the molecule is N#C/C(=C\c1ccc(OS(=O)(=O)c2ccccc2)c(Br)c1)c1ccc(Cl)cc1Cl. The van der Waals surface area contributed by atoms with Gasteiger partial charge in [0.25, 0.3) is 0 Å². The Hall–Kier alpha value is -2.30. The molecule has 3 aromatic carbocycles. The van der Waals surface area contributed by atoms with E-state index < -0.39 is 10.1 Å². The van der Waals surface area contributed by atoms with Crippen LogP contribution in [0, 0.1) is 11.3 Å². The molecule has 0 spiro atoms. The fourth-order valence-electron chi connectivity index (χ4n) is 2.47. The van der Waals surface area contributed by atoms with Gasteiger partial charge in [0.1, 0.15) is 4.90 Å². The standard InChI is InChI=1S/C21H12BrCl2NO3S/c22-19-11-14(10-15(13-25)18-8-7-16(23)12-20(18)24)6-9-21(19)28-29(26,27)17-4-2-1-3-5-17/h1-12H/b15-10+. The van der Waals surface area contributed by atoms with E-state index in [-0.39, 0.29) is 10.6 Å². The number of nitrogens with zero attached hydrogens (tertiary/aromatic N) is 1. The molecule has 0 saturated carbocycles. The van der Waals surface area contributed by atoms with E-state index in [1.54, 1.807) is 54.6 Å². The maximum atomic E-state index is 12.4. The van der Waals surface area contributed by atoms with Crippen molar-refractivity contribution in [3.63, 3.8) is 0 Å². The van der Waals surface area contributed by atoms with Crippen molar-refractivity contribution in [2.75, 3.05) is 0 Å². The minimum Gasteiger partial charge on any atom is -0.378 e. The molecule has 8 heteroatoms. The Morgan fingerprint density at radius 2 is 1.76 bits per heavy atom. The van der Waals surface area contributed by atoms with Crippen molar-refractivity contribution in [2.45, 2.75) is 4.90 Å². The molecule has 0 aliphatic heterocycles. The predicted octanol–water partition coefficient (Wildman–Crippen LogP) is 6.59. The third kappa shape index (κ3) is 5.20. The summed E-state index contributed by atoms with van der Waals surface area (Å²) in [6, 6.07) is 19.6. The molecule has 0 unspecified atom stereocenters. The second-order valence-electron chi connectivity index (χ2n) is 5.83. The quantitative estimate of drug-likeness (QED) is 0.221. The third-order valence-electron chi connectivity index (χ3n) is 3.84. The van der Waals surface area contributed by atoms with E-state index in [9.17, 15) is 13.7 Å². The summed E-state index contributed by atoms with van der Waals surface area (Å²) in [7, 11) is -3.96. The van der Waals surface area contributed by atoms with Gasteiger partial charge >= 0.3 is 10.1 Å². The highest BCUT2D eigenvalue weighted by Crippen LogP contribution is 2.32. The van der Waals surface area contributed by atoms with Crippen molar-refractivity contribution in [2.24, 2.45) is 0 Å². The first kappa shape index (κ1) is 21.4. The molecule has 0 aliphatic rings. The van der Waals surface area contributed by atoms with Crippen LogP contribution in [0.5, 0.6) is 5.75 Å². The Balaban J connectivity index is 1.91. The van der Waals surface area contributed by atoms with Gasteiger partial charge in [-0.2, -0.15) is 13.7 Å². The average molecular weight is 509 g/mol. The van der Waals surface area contributed by atoms with E-state index in [0.29, 0.717) is 31.2 Å². The maximum Gasteiger partial charge on any atom is 0.339 e. The van der Waals surface area contributed by atoms with E-state index in [1.807, 2.05) is 0 Å². The topological polar surface area (TPSA) is 67.2 Å². The highest BCUT2D eigenvalue weighted by atomic mass is 79.9. The summed E-state index contributed by atoms with van der Waals surface area (Å²) in [6.07, 6.45) is 1.63. The molecule has 0 saturated heterocycles. The van der Waals surface area contributed by atoms with Crippen molar-refractivity contribution in [1.82, 2.24) is 0 Å². The monoisotopic (exact) mass is 507 g/mol. The van der Waals surface area contributed by atoms with Crippen LogP contribution >= 0.6 is 39.1 Å². The maximum absolute atomic E-state index is 12.4. The minimum atomic E-state index is -3.96. The zero-order valence-electron chi connectivity index (χ0n) is 14.6. The normalized spacial score (nSPS) is 11.7. The van der Waals surface area contributed by atoms with Crippen LogP contribution in [0.15, 0.2) is 76.1 Å². The molecule has 0 N–H and O–H groups in total. The lowest BCUT2D eigenvalue weighted by Crippen LogP contribution is -2.09. The first-order chi connectivity index (χ1) is 13.8. The number of allylic oxidation sites excluding steroid dienone is 1. The summed E-state index contributed by atoms with van der Waals surface area (Å²) in [6.45, 7) is 0. The molecule has 0 aromatic heterocycles. The molecule has 3 aromatic rings. The summed E-state index contributed by atoms with van der Waals surface area (Å²) in [5.41, 5.74) is 1.54. The van der Waals surface area contributed by atoms with E-state index >= 15 is 0 Å². The molecular weight excluding hydrogens is 497 g/mol. The van der Waals surface area contributed by atoms with Crippen molar-refractivity contribution in [3.8, 4) is 11.8 Å². The number of halogens is 3. The molecule has 29 heavy (non-hydrogen) atoms. The third-order valence-corrected chi connectivity index (χ3v) is 6.26. The fraction of sp³-hybridized carbons (Fsp3) is 0. The molecule has 4 nitrogen and oxygen atoms in total. The molecule has 0 radical (unpaired) electrons. The Kier molecular flexibility index (Phi) is 6.66. The number of nitriles is 1. The fourth-order valence-corrected chi connectivity index (χ4v) is 4.54. The number of hydrogen-bond acceptors (Lipinski definition) is 4. The largest absolute Gasteiger partial charge is 0.378 e. The first-order valence-electron chi connectivity index (χ1n) is 8.16. The van der Waals surface area contributed by atoms with Gasteiger partial charge < -0.3 is 4.18 Å². The van der Waals surface area contributed by atoms with Crippen LogP contribution in [-0.4, -0.2) is 8.42 Å². The van der Waals surface area contributed by atoms with Crippen molar-refractivity contribution < 1.29 is 12.6 Å². The van der Waals surface area contributed by atoms with Gasteiger partial charge in [0.05, 0.1) is 21.1 Å². The lowest BCUT2D eigenvalue weighted by Gasteiger charge is -2.09. The van der Waals surface area contributed by atoms with Crippen LogP contribution < -0.4 is 4.18 Å². The first-order valence-corrected chi connectivity index (χ1v) is 11.1. The van der Waals surface area contributed by atoms with Gasteiger partial charge in [0.15, 0.2) is 5.75 Å². The highest BCUT2D eigenvalue weighted by Gasteiger charge is 2.18. The van der Waals surface area contributed by atoms with E-state index in [0.717, 1.165) is 0 Å². The molecule has 0 amide bonds. The Bertz CT molecular complexity index is 1240. The van der Waals surface area contributed by atoms with Crippen LogP contribution in [0.25, 0.3) is 11.6 Å². The van der Waals surface area contributed by atoms with Gasteiger partial charge in [-0.1, -0.05) is 53.5 Å². The lowest BCUT2D eigenvalue weighted by atomic mass is 10.0. The van der Waals surface area contributed by atoms with Crippen LogP contribution in [0.1, 0.15) is 11.1 Å². The molecule has 0 bridgehead atoms. The van der Waals surface area contributed by atoms with Crippen molar-refractivity contribution in [1.29, 1.82) is 5.26 Å².